The fourth-order valence-corrected chi connectivity index (χ4v) is 3.18. The van der Waals surface area contributed by atoms with Crippen molar-refractivity contribution in [3.05, 3.63) is 22.4 Å². The van der Waals surface area contributed by atoms with Crippen LogP contribution >= 0.6 is 11.3 Å². The molecule has 1 aliphatic heterocycles. The van der Waals surface area contributed by atoms with Gasteiger partial charge >= 0.3 is 5.97 Å². The van der Waals surface area contributed by atoms with Gasteiger partial charge in [0.05, 0.1) is 7.11 Å². The van der Waals surface area contributed by atoms with Gasteiger partial charge in [0.15, 0.2) is 0 Å². The van der Waals surface area contributed by atoms with E-state index < -0.39 is 0 Å². The molecule has 1 fully saturated rings. The van der Waals surface area contributed by atoms with Gasteiger partial charge in [0.2, 0.25) is 0 Å². The Labute approximate surface area is 100 Å². The van der Waals surface area contributed by atoms with E-state index in [-0.39, 0.29) is 12.0 Å². The van der Waals surface area contributed by atoms with Crippen molar-refractivity contribution < 1.29 is 9.53 Å². The SMILES string of the molecule is CCC(c1cccs1)N1CCC1C(=O)OC. The summed E-state index contributed by atoms with van der Waals surface area (Å²) in [6.45, 7) is 3.16. The van der Waals surface area contributed by atoms with Crippen molar-refractivity contribution >= 4 is 17.3 Å². The Hall–Kier alpha value is -0.870. The zero-order chi connectivity index (χ0) is 11.5. The molecule has 0 spiro atoms. The lowest BCUT2D eigenvalue weighted by atomic mass is 9.97. The second-order valence-electron chi connectivity index (χ2n) is 4.00. The fraction of sp³-hybridized carbons (Fsp3) is 0.583. The van der Waals surface area contributed by atoms with E-state index in [0.29, 0.717) is 6.04 Å². The lowest BCUT2D eigenvalue weighted by Crippen LogP contribution is -2.53. The molecule has 4 heteroatoms. The number of thiophene rings is 1. The van der Waals surface area contributed by atoms with Crippen molar-refractivity contribution in [1.82, 2.24) is 4.90 Å². The summed E-state index contributed by atoms with van der Waals surface area (Å²) in [6.07, 6.45) is 1.96. The molecule has 0 radical (unpaired) electrons. The van der Waals surface area contributed by atoms with Crippen LogP contribution in [0, 0.1) is 0 Å². The van der Waals surface area contributed by atoms with Crippen LogP contribution in [0.3, 0.4) is 0 Å². The summed E-state index contributed by atoms with van der Waals surface area (Å²) >= 11 is 1.76. The molecule has 0 aromatic carbocycles. The van der Waals surface area contributed by atoms with E-state index in [9.17, 15) is 4.79 Å². The number of carbonyl (C=O) groups is 1. The van der Waals surface area contributed by atoms with Gasteiger partial charge in [-0.15, -0.1) is 11.3 Å². The number of esters is 1. The van der Waals surface area contributed by atoms with Gasteiger partial charge in [0.25, 0.3) is 0 Å². The van der Waals surface area contributed by atoms with Crippen LogP contribution in [0.2, 0.25) is 0 Å². The summed E-state index contributed by atoms with van der Waals surface area (Å²) in [7, 11) is 1.46. The fourth-order valence-electron chi connectivity index (χ4n) is 2.25. The van der Waals surface area contributed by atoms with Crippen molar-refractivity contribution in [1.29, 1.82) is 0 Å². The van der Waals surface area contributed by atoms with E-state index in [1.54, 1.807) is 11.3 Å². The monoisotopic (exact) mass is 239 g/mol. The van der Waals surface area contributed by atoms with E-state index in [1.807, 2.05) is 0 Å². The van der Waals surface area contributed by atoms with E-state index in [1.165, 1.54) is 12.0 Å². The smallest absolute Gasteiger partial charge is 0.323 e. The Balaban J connectivity index is 2.08. The van der Waals surface area contributed by atoms with E-state index in [0.717, 1.165) is 19.4 Å². The molecule has 0 saturated carbocycles. The highest BCUT2D eigenvalue weighted by Crippen LogP contribution is 2.35. The van der Waals surface area contributed by atoms with Gasteiger partial charge < -0.3 is 4.74 Å². The first kappa shape index (κ1) is 11.6. The summed E-state index contributed by atoms with van der Waals surface area (Å²) in [4.78, 5) is 15.1. The molecule has 2 rings (SSSR count). The zero-order valence-electron chi connectivity index (χ0n) is 9.68. The number of nitrogens with zero attached hydrogens (tertiary/aromatic N) is 1. The Morgan fingerprint density at radius 3 is 3.00 bits per heavy atom. The maximum Gasteiger partial charge on any atom is 0.323 e. The van der Waals surface area contributed by atoms with Crippen molar-refractivity contribution in [3.63, 3.8) is 0 Å². The number of hydrogen-bond acceptors (Lipinski definition) is 4. The molecule has 2 atom stereocenters. The Bertz CT molecular complexity index is 350. The van der Waals surface area contributed by atoms with Gasteiger partial charge in [-0.3, -0.25) is 9.69 Å². The zero-order valence-corrected chi connectivity index (χ0v) is 10.5. The van der Waals surface area contributed by atoms with Crippen molar-refractivity contribution in [2.75, 3.05) is 13.7 Å². The van der Waals surface area contributed by atoms with E-state index in [4.69, 9.17) is 4.74 Å². The Kier molecular flexibility index (Phi) is 3.61. The minimum absolute atomic E-state index is 0.0305. The third-order valence-electron chi connectivity index (χ3n) is 3.19. The second-order valence-corrected chi connectivity index (χ2v) is 4.98. The van der Waals surface area contributed by atoms with Gasteiger partial charge in [-0.05, 0) is 24.3 Å². The maximum atomic E-state index is 11.5. The number of rotatable bonds is 4. The van der Waals surface area contributed by atoms with Crippen LogP contribution in [-0.4, -0.2) is 30.6 Å². The summed E-state index contributed by atoms with van der Waals surface area (Å²) in [5.41, 5.74) is 0. The topological polar surface area (TPSA) is 29.5 Å². The summed E-state index contributed by atoms with van der Waals surface area (Å²) in [5, 5.41) is 2.09. The van der Waals surface area contributed by atoms with Crippen LogP contribution in [0.1, 0.15) is 30.7 Å². The molecule has 1 aromatic heterocycles. The van der Waals surface area contributed by atoms with Crippen molar-refractivity contribution in [2.45, 2.75) is 31.8 Å². The molecule has 1 aromatic rings. The molecule has 2 unspecified atom stereocenters. The van der Waals surface area contributed by atoms with Gasteiger partial charge in [0, 0.05) is 17.5 Å². The predicted octanol–water partition coefficient (Wildman–Crippen LogP) is 2.45. The molecule has 88 valence electrons. The summed E-state index contributed by atoms with van der Waals surface area (Å²) in [6, 6.07) is 4.55. The lowest BCUT2D eigenvalue weighted by Gasteiger charge is -2.43. The normalized spacial score (nSPS) is 22.5. The summed E-state index contributed by atoms with van der Waals surface area (Å²) in [5.74, 6) is -0.0961. The van der Waals surface area contributed by atoms with Crippen LogP contribution in [0.5, 0.6) is 0 Å². The highest BCUT2D eigenvalue weighted by molar-refractivity contribution is 7.10. The molecule has 2 heterocycles. The number of likely N-dealkylation sites (tertiary alicyclic amines) is 1. The highest BCUT2D eigenvalue weighted by Gasteiger charge is 2.39. The van der Waals surface area contributed by atoms with E-state index >= 15 is 0 Å². The number of hydrogen-bond donors (Lipinski definition) is 0. The van der Waals surface area contributed by atoms with Gasteiger partial charge in [-0.25, -0.2) is 0 Å². The number of methoxy groups -OCH3 is 1. The quantitative estimate of drug-likeness (QED) is 0.756. The van der Waals surface area contributed by atoms with Crippen molar-refractivity contribution in [3.8, 4) is 0 Å². The van der Waals surface area contributed by atoms with Crippen LogP contribution < -0.4 is 0 Å². The molecule has 0 aliphatic carbocycles. The third kappa shape index (κ3) is 1.99. The average Bonchev–Trinajstić information content (AvgIpc) is 2.76. The van der Waals surface area contributed by atoms with Crippen molar-refractivity contribution in [2.24, 2.45) is 0 Å². The largest absolute Gasteiger partial charge is 0.468 e. The van der Waals surface area contributed by atoms with Crippen LogP contribution in [0.4, 0.5) is 0 Å². The first-order valence-electron chi connectivity index (χ1n) is 5.65. The van der Waals surface area contributed by atoms with Crippen LogP contribution in [0.25, 0.3) is 0 Å². The molecule has 16 heavy (non-hydrogen) atoms. The molecule has 1 saturated heterocycles. The molecule has 1 aliphatic rings. The Morgan fingerprint density at radius 2 is 2.56 bits per heavy atom. The minimum Gasteiger partial charge on any atom is -0.468 e. The highest BCUT2D eigenvalue weighted by atomic mass is 32.1. The molecule has 0 bridgehead atoms. The second kappa shape index (κ2) is 4.97. The van der Waals surface area contributed by atoms with Crippen LogP contribution in [-0.2, 0) is 9.53 Å². The van der Waals surface area contributed by atoms with Gasteiger partial charge in [-0.2, -0.15) is 0 Å². The van der Waals surface area contributed by atoms with Crippen LogP contribution in [0.15, 0.2) is 17.5 Å². The summed E-state index contributed by atoms with van der Waals surface area (Å²) < 4.78 is 4.82. The number of carbonyl (C=O) groups excluding carboxylic acids is 1. The van der Waals surface area contributed by atoms with Gasteiger partial charge in [0.1, 0.15) is 6.04 Å². The molecular weight excluding hydrogens is 222 g/mol. The van der Waals surface area contributed by atoms with Gasteiger partial charge in [-0.1, -0.05) is 13.0 Å². The molecule has 0 amide bonds. The first-order chi connectivity index (χ1) is 7.77. The third-order valence-corrected chi connectivity index (χ3v) is 4.17. The standard InChI is InChI=1S/C12H17NO2S/c1-3-9(11-5-4-8-16-11)13-7-6-10(13)12(14)15-2/h4-5,8-10H,3,6-7H2,1-2H3. The predicted molar refractivity (Wildman–Crippen MR) is 64.5 cm³/mol. The minimum atomic E-state index is -0.0961. The first-order valence-corrected chi connectivity index (χ1v) is 6.52. The average molecular weight is 239 g/mol. The maximum absolute atomic E-state index is 11.5. The molecule has 0 N–H and O–H groups in total. The molecular formula is C12H17NO2S. The molecule has 3 nitrogen and oxygen atoms in total. The Morgan fingerprint density at radius 1 is 1.75 bits per heavy atom. The lowest BCUT2D eigenvalue weighted by molar-refractivity contribution is -0.154. The van der Waals surface area contributed by atoms with E-state index in [2.05, 4.69) is 29.3 Å². The number of ether oxygens (including phenoxy) is 1.